The summed E-state index contributed by atoms with van der Waals surface area (Å²) in [4.78, 5) is 43.3. The average molecular weight is 765 g/mol. The molecule has 2 atom stereocenters. The Morgan fingerprint density at radius 3 is 1.08 bits per heavy atom. The largest absolute Gasteiger partial charge is 0.304 e. The van der Waals surface area contributed by atoms with Crippen molar-refractivity contribution in [1.82, 2.24) is 19.8 Å². The third kappa shape index (κ3) is 13.1. The van der Waals surface area contributed by atoms with Crippen LogP contribution in [0.3, 0.4) is 0 Å². The SMILES string of the molecule is CCCCCCCCC(CCCCCC)CN1C(=O)C2=C(c3nccs3)N(CC(CCCCCCC)CCCCCCCC)C(=O)C2=C1c1nccs1. The van der Waals surface area contributed by atoms with Crippen molar-refractivity contribution in [2.75, 3.05) is 13.1 Å². The first-order chi connectivity index (χ1) is 26.0. The Labute approximate surface area is 331 Å². The van der Waals surface area contributed by atoms with Crippen LogP contribution in [0.25, 0.3) is 11.4 Å². The molecule has 0 radical (unpaired) electrons. The zero-order valence-corrected chi connectivity index (χ0v) is 35.6. The molecule has 296 valence electrons. The van der Waals surface area contributed by atoms with Gasteiger partial charge in [0.1, 0.15) is 10.0 Å². The summed E-state index contributed by atoms with van der Waals surface area (Å²) in [5.41, 5.74) is 2.63. The third-order valence-corrected chi connectivity index (χ3v) is 13.0. The average Bonchev–Trinajstić information content (AvgIpc) is 3.98. The predicted octanol–water partition coefficient (Wildman–Crippen LogP) is 13.5. The standard InChI is InChI=1S/C45H72N4O2S2/c1-5-9-13-17-20-24-28-36(26-22-16-12-8-4)34-48-40(42-46-30-32-52-42)38-39(44(48)50)41(43-47-31-33-53-43)49(45(38)51)35-37(27-23-19-15-11-7-3)29-25-21-18-14-10-6-2/h30-33,36-37H,5-29,34-35H2,1-4H3. The maximum atomic E-state index is 14.9. The van der Waals surface area contributed by atoms with E-state index in [9.17, 15) is 9.59 Å². The molecule has 0 fully saturated rings. The molecule has 8 heteroatoms. The number of carbonyl (C=O) groups excluding carboxylic acids is 2. The van der Waals surface area contributed by atoms with E-state index >= 15 is 0 Å². The van der Waals surface area contributed by atoms with Crippen LogP contribution in [0.2, 0.25) is 0 Å². The molecule has 0 aliphatic carbocycles. The lowest BCUT2D eigenvalue weighted by atomic mass is 9.93. The van der Waals surface area contributed by atoms with Gasteiger partial charge in [0.05, 0.1) is 22.5 Å². The van der Waals surface area contributed by atoms with Crippen LogP contribution in [0.5, 0.6) is 0 Å². The second-order valence-corrected chi connectivity index (χ2v) is 17.6. The van der Waals surface area contributed by atoms with E-state index in [2.05, 4.69) is 27.7 Å². The van der Waals surface area contributed by atoms with Gasteiger partial charge in [0.2, 0.25) is 0 Å². The fourth-order valence-electron chi connectivity index (χ4n) is 8.36. The third-order valence-electron chi connectivity index (χ3n) is 11.4. The zero-order chi connectivity index (χ0) is 37.7. The van der Waals surface area contributed by atoms with Crippen molar-refractivity contribution in [3.63, 3.8) is 0 Å². The minimum absolute atomic E-state index is 0.0272. The lowest BCUT2D eigenvalue weighted by Gasteiger charge is -2.29. The summed E-state index contributed by atoms with van der Waals surface area (Å²) in [6, 6.07) is 0. The first kappa shape index (κ1) is 43.4. The molecule has 0 N–H and O–H groups in total. The van der Waals surface area contributed by atoms with Gasteiger partial charge < -0.3 is 9.80 Å². The molecule has 2 aromatic heterocycles. The highest BCUT2D eigenvalue weighted by Crippen LogP contribution is 2.48. The van der Waals surface area contributed by atoms with Crippen LogP contribution in [0.15, 0.2) is 34.3 Å². The molecular weight excluding hydrogens is 693 g/mol. The highest BCUT2D eigenvalue weighted by atomic mass is 32.1. The van der Waals surface area contributed by atoms with E-state index in [1.165, 1.54) is 158 Å². The van der Waals surface area contributed by atoms with Crippen LogP contribution in [0.1, 0.15) is 198 Å². The molecule has 2 amide bonds. The Balaban J connectivity index is 1.63. The van der Waals surface area contributed by atoms with Crippen molar-refractivity contribution >= 4 is 45.9 Å². The molecule has 53 heavy (non-hydrogen) atoms. The van der Waals surface area contributed by atoms with Crippen molar-refractivity contribution in [1.29, 1.82) is 0 Å². The van der Waals surface area contributed by atoms with Crippen molar-refractivity contribution in [3.8, 4) is 0 Å². The maximum Gasteiger partial charge on any atom is 0.261 e. The van der Waals surface area contributed by atoms with Gasteiger partial charge in [-0.1, -0.05) is 163 Å². The number of aromatic nitrogens is 2. The molecule has 6 nitrogen and oxygen atoms in total. The summed E-state index contributed by atoms with van der Waals surface area (Å²) in [6.45, 7) is 10.4. The monoisotopic (exact) mass is 765 g/mol. The van der Waals surface area contributed by atoms with Crippen molar-refractivity contribution in [2.24, 2.45) is 11.8 Å². The molecule has 2 aromatic rings. The summed E-state index contributed by atoms with van der Waals surface area (Å²) in [5, 5.41) is 5.50. The summed E-state index contributed by atoms with van der Waals surface area (Å²) in [5.74, 6) is 0.752. The fraction of sp³-hybridized carbons (Fsp3) is 0.733. The minimum Gasteiger partial charge on any atom is -0.304 e. The Bertz CT molecular complexity index is 1380. The van der Waals surface area contributed by atoms with Crippen LogP contribution in [-0.4, -0.2) is 44.7 Å². The first-order valence-corrected chi connectivity index (χ1v) is 23.7. The lowest BCUT2D eigenvalue weighted by molar-refractivity contribution is -0.124. The number of rotatable bonds is 31. The molecule has 0 saturated carbocycles. The lowest BCUT2D eigenvalue weighted by Crippen LogP contribution is -2.35. The van der Waals surface area contributed by atoms with Gasteiger partial charge in [0.15, 0.2) is 0 Å². The maximum absolute atomic E-state index is 14.9. The van der Waals surface area contributed by atoms with Crippen LogP contribution in [0, 0.1) is 11.8 Å². The minimum atomic E-state index is -0.0280. The number of hydrogen-bond acceptors (Lipinski definition) is 6. The van der Waals surface area contributed by atoms with E-state index in [1.54, 1.807) is 0 Å². The molecule has 0 aromatic carbocycles. The van der Waals surface area contributed by atoms with Gasteiger partial charge in [-0.3, -0.25) is 9.59 Å². The van der Waals surface area contributed by atoms with Gasteiger partial charge in [0.25, 0.3) is 11.8 Å². The van der Waals surface area contributed by atoms with Crippen LogP contribution < -0.4 is 0 Å². The highest BCUT2D eigenvalue weighted by Gasteiger charge is 2.50. The molecule has 4 heterocycles. The Morgan fingerprint density at radius 2 is 0.774 bits per heavy atom. The first-order valence-electron chi connectivity index (χ1n) is 22.0. The fourth-order valence-corrected chi connectivity index (χ4v) is 9.76. The Morgan fingerprint density at radius 1 is 0.472 bits per heavy atom. The van der Waals surface area contributed by atoms with Crippen molar-refractivity contribution in [2.45, 2.75) is 188 Å². The number of hydrogen-bond donors (Lipinski definition) is 0. The molecule has 2 unspecified atom stereocenters. The Kier molecular flexibility index (Phi) is 20.4. The van der Waals surface area contributed by atoms with Gasteiger partial charge in [-0.25, -0.2) is 9.97 Å². The highest BCUT2D eigenvalue weighted by molar-refractivity contribution is 7.11. The second kappa shape index (κ2) is 25.0. The predicted molar refractivity (Wildman–Crippen MR) is 227 cm³/mol. The Hall–Kier alpha value is -2.32. The van der Waals surface area contributed by atoms with E-state index < -0.39 is 0 Å². The summed E-state index contributed by atoms with van der Waals surface area (Å²) < 4.78 is 0. The molecule has 0 bridgehead atoms. The van der Waals surface area contributed by atoms with E-state index in [-0.39, 0.29) is 11.8 Å². The van der Waals surface area contributed by atoms with Gasteiger partial charge >= 0.3 is 0 Å². The number of thiazole rings is 2. The molecule has 4 rings (SSSR count). The normalized spacial score (nSPS) is 15.8. The van der Waals surface area contributed by atoms with Gasteiger partial charge in [-0.15, -0.1) is 22.7 Å². The van der Waals surface area contributed by atoms with Crippen LogP contribution in [-0.2, 0) is 9.59 Å². The van der Waals surface area contributed by atoms with Crippen molar-refractivity contribution < 1.29 is 9.59 Å². The van der Waals surface area contributed by atoms with Gasteiger partial charge in [0, 0.05) is 36.2 Å². The van der Waals surface area contributed by atoms with Crippen LogP contribution in [0.4, 0.5) is 0 Å². The smallest absolute Gasteiger partial charge is 0.261 e. The number of nitrogens with zero attached hydrogens (tertiary/aromatic N) is 4. The topological polar surface area (TPSA) is 66.4 Å². The second-order valence-electron chi connectivity index (χ2n) is 15.9. The van der Waals surface area contributed by atoms with Gasteiger partial charge in [-0.05, 0) is 37.5 Å². The summed E-state index contributed by atoms with van der Waals surface area (Å²) in [7, 11) is 0. The number of amides is 2. The van der Waals surface area contributed by atoms with E-state index in [1.807, 2.05) is 33.0 Å². The zero-order valence-electron chi connectivity index (χ0n) is 34.0. The van der Waals surface area contributed by atoms with E-state index in [0.717, 1.165) is 47.1 Å². The molecule has 2 aliphatic rings. The molecule has 0 spiro atoms. The van der Waals surface area contributed by atoms with E-state index in [0.29, 0.717) is 36.1 Å². The quantitative estimate of drug-likeness (QED) is 0.0717. The summed E-state index contributed by atoms with van der Waals surface area (Å²) >= 11 is 3.08. The summed E-state index contributed by atoms with van der Waals surface area (Å²) in [6.07, 6.45) is 34.6. The van der Waals surface area contributed by atoms with Gasteiger partial charge in [-0.2, -0.15) is 0 Å². The molecular formula is C45H72N4O2S2. The van der Waals surface area contributed by atoms with Crippen molar-refractivity contribution in [3.05, 3.63) is 44.3 Å². The van der Waals surface area contributed by atoms with E-state index in [4.69, 9.17) is 9.97 Å². The number of fused-ring (bicyclic) bond motifs is 1. The van der Waals surface area contributed by atoms with Crippen LogP contribution >= 0.6 is 22.7 Å². The number of carbonyl (C=O) groups is 2. The number of unbranched alkanes of at least 4 members (excludes halogenated alkanes) is 17. The molecule has 2 aliphatic heterocycles. The molecule has 0 saturated heterocycles.